The normalized spacial score (nSPS) is 12.7. The largest absolute Gasteiger partial charge is 0.375 e. The van der Waals surface area contributed by atoms with E-state index in [9.17, 15) is 4.21 Å². The van der Waals surface area contributed by atoms with Crippen molar-refractivity contribution in [2.24, 2.45) is 5.73 Å². The number of nitrogens with two attached hydrogens (primary N) is 1. The quantitative estimate of drug-likeness (QED) is 0.231. The highest BCUT2D eigenvalue weighted by Crippen LogP contribution is 1.78. The Morgan fingerprint density at radius 3 is 2.22 bits per heavy atom. The summed E-state index contributed by atoms with van der Waals surface area (Å²) in [5, 5.41) is 0.0962. The Kier molecular flexibility index (Phi) is 3.02. The maximum atomic E-state index is 10.8. The summed E-state index contributed by atoms with van der Waals surface area (Å²) in [6, 6.07) is 0. The molecule has 0 bridgehead atoms. The molecule has 0 unspecified atom stereocenters. The Bertz CT molecular complexity index is 151. The van der Waals surface area contributed by atoms with E-state index in [-0.39, 0.29) is 5.11 Å². The lowest BCUT2D eigenvalue weighted by atomic mass is 11.2. The number of nitrogens with one attached hydrogen (secondary N) is 2. The highest BCUT2D eigenvalue weighted by Gasteiger charge is 1.95. The molecule has 4 nitrogen and oxygen atoms in total. The highest BCUT2D eigenvalue weighted by atomic mass is 32.3. The second-order valence-electron chi connectivity index (χ2n) is 1.95. The van der Waals surface area contributed by atoms with Gasteiger partial charge in [-0.1, -0.05) is 0 Å². The lowest BCUT2D eigenvalue weighted by Crippen LogP contribution is -2.46. The first-order chi connectivity index (χ1) is 3.92. The second kappa shape index (κ2) is 3.09. The average molecular weight is 169 g/mol. The van der Waals surface area contributed by atoms with Gasteiger partial charge in [-0.05, 0) is 22.3 Å². The van der Waals surface area contributed by atoms with Crippen LogP contribution >= 0.6 is 12.2 Å². The van der Waals surface area contributed by atoms with Crippen LogP contribution in [0.4, 0.5) is 0 Å². The average Bonchev–Trinajstić information content (AvgIpc) is 1.59. The number of hydrogen-bond acceptors (Lipinski definition) is 2. The maximum absolute atomic E-state index is 10.8. The molecule has 9 heavy (non-hydrogen) atoms. The predicted molar refractivity (Wildman–Crippen MR) is 44.4 cm³/mol. The molecule has 0 atom stereocenters. The molecule has 0 radical (unpaired) electrons. The topological polar surface area (TPSA) is 67.2 Å². The van der Waals surface area contributed by atoms with Crippen molar-refractivity contribution < 1.29 is 4.21 Å². The van der Waals surface area contributed by atoms with Gasteiger partial charge in [-0.2, -0.15) is 4.83 Å². The zero-order valence-electron chi connectivity index (χ0n) is 5.34. The highest BCUT2D eigenvalue weighted by molar-refractivity contribution is 7.99. The van der Waals surface area contributed by atoms with Gasteiger partial charge in [0.1, 0.15) is 0 Å². The summed E-state index contributed by atoms with van der Waals surface area (Å²) in [5.41, 5.74) is 7.42. The van der Waals surface area contributed by atoms with Crippen LogP contribution in [0.15, 0.2) is 0 Å². The van der Waals surface area contributed by atoms with Gasteiger partial charge in [0, 0.05) is 12.5 Å². The molecule has 0 saturated carbocycles. The molecule has 0 aliphatic rings. The van der Waals surface area contributed by atoms with Crippen LogP contribution in [-0.2, 0) is 10.1 Å². The van der Waals surface area contributed by atoms with Crippen LogP contribution in [0.25, 0.3) is 0 Å². The number of thiol groups is 1. The molecule has 0 aliphatic heterocycles. The molecular formula is C3H11N3OS2. The first kappa shape index (κ1) is 8.80. The van der Waals surface area contributed by atoms with Gasteiger partial charge in [0.15, 0.2) is 5.11 Å². The van der Waals surface area contributed by atoms with E-state index in [1.54, 1.807) is 12.5 Å². The minimum absolute atomic E-state index is 0.0962. The number of hydrazine groups is 1. The zero-order valence-corrected chi connectivity index (χ0v) is 7.05. The standard InChI is InChI=1S/C3H11N3OS2/c1-9(2,7)6-5-3(4)8/h9H,1-2H3,(H,6,7)(H3,4,5,8). The van der Waals surface area contributed by atoms with Gasteiger partial charge in [-0.3, -0.25) is 9.63 Å². The summed E-state index contributed by atoms with van der Waals surface area (Å²) in [7, 11) is -2.25. The molecule has 0 spiro atoms. The van der Waals surface area contributed by atoms with Gasteiger partial charge in [0.05, 0.1) is 0 Å². The number of thiocarbonyl (C=S) groups is 1. The van der Waals surface area contributed by atoms with Gasteiger partial charge in [0.25, 0.3) is 0 Å². The van der Waals surface area contributed by atoms with Crippen molar-refractivity contribution in [3.05, 3.63) is 0 Å². The van der Waals surface area contributed by atoms with Crippen molar-refractivity contribution in [1.82, 2.24) is 10.3 Å². The fourth-order valence-corrected chi connectivity index (χ4v) is 0.706. The molecule has 0 heterocycles. The summed E-state index contributed by atoms with van der Waals surface area (Å²) < 4.78 is 10.8. The summed E-state index contributed by atoms with van der Waals surface area (Å²) >= 11 is 4.45. The Balaban J connectivity index is 3.53. The van der Waals surface area contributed by atoms with Crippen molar-refractivity contribution in [2.45, 2.75) is 0 Å². The molecule has 0 rings (SSSR count). The fourth-order valence-electron chi connectivity index (χ4n) is 0.190. The van der Waals surface area contributed by atoms with E-state index in [1.807, 2.05) is 0 Å². The van der Waals surface area contributed by atoms with Gasteiger partial charge in [-0.25, -0.2) is 0 Å². The van der Waals surface area contributed by atoms with Crippen molar-refractivity contribution in [3.8, 4) is 0 Å². The molecule has 6 heteroatoms. The van der Waals surface area contributed by atoms with Crippen LogP contribution in [0.5, 0.6) is 0 Å². The number of rotatable bonds is 2. The molecule has 0 aromatic carbocycles. The van der Waals surface area contributed by atoms with E-state index in [4.69, 9.17) is 5.73 Å². The van der Waals surface area contributed by atoms with E-state index in [1.165, 1.54) is 0 Å². The maximum Gasteiger partial charge on any atom is 0.178 e. The molecule has 0 amide bonds. The van der Waals surface area contributed by atoms with E-state index in [0.717, 1.165) is 0 Å². The van der Waals surface area contributed by atoms with E-state index < -0.39 is 10.1 Å². The molecular weight excluding hydrogens is 158 g/mol. The third kappa shape index (κ3) is 7.80. The van der Waals surface area contributed by atoms with Crippen molar-refractivity contribution >= 4 is 27.4 Å². The molecule has 0 aromatic rings. The molecule has 4 N–H and O–H groups in total. The van der Waals surface area contributed by atoms with Crippen molar-refractivity contribution in [3.63, 3.8) is 0 Å². The minimum Gasteiger partial charge on any atom is -0.375 e. The molecule has 56 valence electrons. The lowest BCUT2D eigenvalue weighted by Gasteiger charge is -2.14. The summed E-state index contributed by atoms with van der Waals surface area (Å²) in [5.74, 6) is 0. The summed E-state index contributed by atoms with van der Waals surface area (Å²) in [6.07, 6.45) is 3.14. The smallest absolute Gasteiger partial charge is 0.178 e. The minimum atomic E-state index is -2.25. The number of hydrogen-bond donors (Lipinski definition) is 4. The Hall–Kier alpha value is -0.200. The molecule has 0 aliphatic carbocycles. The third-order valence-corrected chi connectivity index (χ3v) is 1.20. The van der Waals surface area contributed by atoms with E-state index >= 15 is 0 Å². The monoisotopic (exact) mass is 169 g/mol. The fraction of sp³-hybridized carbons (Fsp3) is 0.667. The Labute approximate surface area is 60.7 Å². The van der Waals surface area contributed by atoms with E-state index in [0.29, 0.717) is 0 Å². The summed E-state index contributed by atoms with van der Waals surface area (Å²) in [6.45, 7) is 0. The predicted octanol–water partition coefficient (Wildman–Crippen LogP) is -1.48. The van der Waals surface area contributed by atoms with Crippen LogP contribution in [0.2, 0.25) is 0 Å². The Morgan fingerprint density at radius 2 is 2.11 bits per heavy atom. The van der Waals surface area contributed by atoms with Crippen LogP contribution in [0.3, 0.4) is 0 Å². The van der Waals surface area contributed by atoms with Gasteiger partial charge >= 0.3 is 0 Å². The zero-order chi connectivity index (χ0) is 7.49. The SMILES string of the molecule is C[SH](C)(=O)NNC(N)=S. The van der Waals surface area contributed by atoms with Crippen LogP contribution in [0, 0.1) is 0 Å². The molecule has 0 saturated heterocycles. The van der Waals surface area contributed by atoms with Gasteiger partial charge in [0.2, 0.25) is 0 Å². The van der Waals surface area contributed by atoms with Crippen molar-refractivity contribution in [1.29, 1.82) is 0 Å². The molecule has 0 fully saturated rings. The van der Waals surface area contributed by atoms with Crippen LogP contribution < -0.4 is 16.0 Å². The Morgan fingerprint density at radius 1 is 1.67 bits per heavy atom. The van der Waals surface area contributed by atoms with E-state index in [2.05, 4.69) is 22.5 Å². The molecule has 0 aromatic heterocycles. The lowest BCUT2D eigenvalue weighted by molar-refractivity contribution is 0.662. The third-order valence-electron chi connectivity index (χ3n) is 0.448. The summed E-state index contributed by atoms with van der Waals surface area (Å²) in [4.78, 5) is 2.46. The van der Waals surface area contributed by atoms with Crippen LogP contribution in [-0.4, -0.2) is 21.8 Å². The first-order valence-corrected chi connectivity index (χ1v) is 5.30. The first-order valence-electron chi connectivity index (χ1n) is 2.29. The van der Waals surface area contributed by atoms with Gasteiger partial charge < -0.3 is 5.73 Å². The second-order valence-corrected chi connectivity index (χ2v) is 5.32. The van der Waals surface area contributed by atoms with Crippen LogP contribution in [0.1, 0.15) is 0 Å². The van der Waals surface area contributed by atoms with Gasteiger partial charge in [-0.15, -0.1) is 0 Å². The van der Waals surface area contributed by atoms with Crippen molar-refractivity contribution in [2.75, 3.05) is 12.5 Å².